The summed E-state index contributed by atoms with van der Waals surface area (Å²) < 4.78 is 24.0. The molecule has 0 amide bonds. The van der Waals surface area contributed by atoms with Crippen LogP contribution in [0.15, 0.2) is 18.2 Å². The molecule has 17 heavy (non-hydrogen) atoms. The molecule has 90 valence electrons. The fraction of sp³-hybridized carbons (Fsp3) is 0.462. The predicted octanol–water partition coefficient (Wildman–Crippen LogP) is 2.39. The van der Waals surface area contributed by atoms with Crippen LogP contribution < -0.4 is 0 Å². The molecule has 0 N–H and O–H groups in total. The molecule has 0 spiro atoms. The largest absolute Gasteiger partial charge is 0.381 e. The third-order valence-electron chi connectivity index (χ3n) is 2.83. The van der Waals surface area contributed by atoms with Crippen molar-refractivity contribution in [3.8, 4) is 6.07 Å². The predicted molar refractivity (Wildman–Crippen MR) is 59.7 cm³/mol. The van der Waals surface area contributed by atoms with Gasteiger partial charge in [-0.25, -0.2) is 4.39 Å². The van der Waals surface area contributed by atoms with E-state index in [2.05, 4.69) is 0 Å². The number of halogens is 1. The van der Waals surface area contributed by atoms with Gasteiger partial charge in [0.2, 0.25) is 0 Å². The minimum atomic E-state index is -0.338. The van der Waals surface area contributed by atoms with Gasteiger partial charge in [-0.3, -0.25) is 0 Å². The molecular formula is C13H14FNO2. The lowest BCUT2D eigenvalue weighted by atomic mass is 10.1. The number of hydrogen-bond donors (Lipinski definition) is 0. The number of hydrogen-bond acceptors (Lipinski definition) is 3. The van der Waals surface area contributed by atoms with Crippen molar-refractivity contribution in [2.45, 2.75) is 25.6 Å². The van der Waals surface area contributed by atoms with Crippen molar-refractivity contribution < 1.29 is 13.9 Å². The Balaban J connectivity index is 1.98. The minimum Gasteiger partial charge on any atom is -0.381 e. The van der Waals surface area contributed by atoms with Crippen LogP contribution in [0.25, 0.3) is 0 Å². The molecule has 1 saturated heterocycles. The van der Waals surface area contributed by atoms with Crippen molar-refractivity contribution in [1.29, 1.82) is 5.26 Å². The highest BCUT2D eigenvalue weighted by Gasteiger charge is 2.15. The highest BCUT2D eigenvalue weighted by atomic mass is 19.1. The SMILES string of the molecule is N#Cc1ccc(F)cc1COC1CCOCC1. The van der Waals surface area contributed by atoms with E-state index < -0.39 is 0 Å². The molecule has 2 rings (SSSR count). The number of ether oxygens (including phenoxy) is 2. The number of nitrogens with zero attached hydrogens (tertiary/aromatic N) is 1. The van der Waals surface area contributed by atoms with Crippen LogP contribution in [0.4, 0.5) is 4.39 Å². The minimum absolute atomic E-state index is 0.151. The molecule has 1 aromatic rings. The van der Waals surface area contributed by atoms with E-state index in [0.717, 1.165) is 12.8 Å². The monoisotopic (exact) mass is 235 g/mol. The summed E-state index contributed by atoms with van der Waals surface area (Å²) in [4.78, 5) is 0. The standard InChI is InChI=1S/C13H14FNO2/c14-12-2-1-10(8-15)11(7-12)9-17-13-3-5-16-6-4-13/h1-2,7,13H,3-6,9H2. The van der Waals surface area contributed by atoms with E-state index in [1.807, 2.05) is 6.07 Å². The van der Waals surface area contributed by atoms with Crippen LogP contribution in [-0.2, 0) is 16.1 Å². The maximum atomic E-state index is 13.1. The summed E-state index contributed by atoms with van der Waals surface area (Å²) in [5.41, 5.74) is 1.08. The fourth-order valence-electron chi connectivity index (χ4n) is 1.84. The van der Waals surface area contributed by atoms with Crippen LogP contribution in [0.5, 0.6) is 0 Å². The van der Waals surface area contributed by atoms with Crippen molar-refractivity contribution in [2.24, 2.45) is 0 Å². The first-order chi connectivity index (χ1) is 8.29. The van der Waals surface area contributed by atoms with E-state index in [1.54, 1.807) is 0 Å². The summed E-state index contributed by atoms with van der Waals surface area (Å²) in [6.07, 6.45) is 1.87. The van der Waals surface area contributed by atoms with Gasteiger partial charge in [0.05, 0.1) is 24.3 Å². The van der Waals surface area contributed by atoms with E-state index in [0.29, 0.717) is 24.3 Å². The normalized spacial score (nSPS) is 16.7. The van der Waals surface area contributed by atoms with Gasteiger partial charge in [-0.05, 0) is 36.6 Å². The van der Waals surface area contributed by atoms with Crippen molar-refractivity contribution in [3.63, 3.8) is 0 Å². The Bertz CT molecular complexity index is 422. The van der Waals surface area contributed by atoms with Gasteiger partial charge < -0.3 is 9.47 Å². The second-order valence-corrected chi connectivity index (χ2v) is 4.04. The van der Waals surface area contributed by atoms with Crippen LogP contribution in [0, 0.1) is 17.1 Å². The van der Waals surface area contributed by atoms with E-state index in [1.165, 1.54) is 18.2 Å². The second-order valence-electron chi connectivity index (χ2n) is 4.04. The van der Waals surface area contributed by atoms with E-state index in [4.69, 9.17) is 14.7 Å². The van der Waals surface area contributed by atoms with Crippen LogP contribution in [0.3, 0.4) is 0 Å². The number of rotatable bonds is 3. The molecule has 4 heteroatoms. The first kappa shape index (κ1) is 12.0. The molecule has 1 aliphatic rings. The second kappa shape index (κ2) is 5.76. The van der Waals surface area contributed by atoms with Crippen LogP contribution in [0.2, 0.25) is 0 Å². The van der Waals surface area contributed by atoms with Crippen molar-refractivity contribution in [1.82, 2.24) is 0 Å². The lowest BCUT2D eigenvalue weighted by molar-refractivity contribution is -0.0391. The van der Waals surface area contributed by atoms with Gasteiger partial charge in [0.15, 0.2) is 0 Å². The van der Waals surface area contributed by atoms with Crippen molar-refractivity contribution >= 4 is 0 Å². The quantitative estimate of drug-likeness (QED) is 0.807. The number of nitriles is 1. The molecule has 1 heterocycles. The van der Waals surface area contributed by atoms with Gasteiger partial charge in [0, 0.05) is 13.2 Å². The van der Waals surface area contributed by atoms with Gasteiger partial charge in [0.25, 0.3) is 0 Å². The molecule has 0 bridgehead atoms. The lowest BCUT2D eigenvalue weighted by Crippen LogP contribution is -2.23. The summed E-state index contributed by atoms with van der Waals surface area (Å²) in [5.74, 6) is -0.338. The van der Waals surface area contributed by atoms with Gasteiger partial charge in [-0.2, -0.15) is 5.26 Å². The molecule has 0 atom stereocenters. The summed E-state index contributed by atoms with van der Waals surface area (Å²) in [7, 11) is 0. The summed E-state index contributed by atoms with van der Waals surface area (Å²) in [6, 6.07) is 6.17. The van der Waals surface area contributed by atoms with Gasteiger partial charge >= 0.3 is 0 Å². The zero-order chi connectivity index (χ0) is 12.1. The molecular weight excluding hydrogens is 221 g/mol. The Kier molecular flexibility index (Phi) is 4.08. The highest BCUT2D eigenvalue weighted by Crippen LogP contribution is 2.16. The first-order valence-corrected chi connectivity index (χ1v) is 5.67. The molecule has 1 fully saturated rings. The lowest BCUT2D eigenvalue weighted by Gasteiger charge is -2.22. The average molecular weight is 235 g/mol. The maximum Gasteiger partial charge on any atom is 0.123 e. The molecule has 0 aliphatic carbocycles. The highest BCUT2D eigenvalue weighted by molar-refractivity contribution is 5.37. The zero-order valence-corrected chi connectivity index (χ0v) is 9.49. The third kappa shape index (κ3) is 3.26. The molecule has 0 aromatic heterocycles. The average Bonchev–Trinajstić information content (AvgIpc) is 2.38. The van der Waals surface area contributed by atoms with Gasteiger partial charge in [-0.1, -0.05) is 0 Å². The molecule has 3 nitrogen and oxygen atoms in total. The zero-order valence-electron chi connectivity index (χ0n) is 9.49. The van der Waals surface area contributed by atoms with Crippen molar-refractivity contribution in [2.75, 3.05) is 13.2 Å². The molecule has 1 aliphatic heterocycles. The first-order valence-electron chi connectivity index (χ1n) is 5.67. The third-order valence-corrected chi connectivity index (χ3v) is 2.83. The topological polar surface area (TPSA) is 42.2 Å². The van der Waals surface area contributed by atoms with Crippen LogP contribution >= 0.6 is 0 Å². The maximum absolute atomic E-state index is 13.1. The Hall–Kier alpha value is -1.44. The Morgan fingerprint density at radius 1 is 1.41 bits per heavy atom. The van der Waals surface area contributed by atoms with Crippen LogP contribution in [-0.4, -0.2) is 19.3 Å². The summed E-state index contributed by atoms with van der Waals surface area (Å²) >= 11 is 0. The Morgan fingerprint density at radius 3 is 2.88 bits per heavy atom. The molecule has 0 saturated carbocycles. The van der Waals surface area contributed by atoms with Gasteiger partial charge in [-0.15, -0.1) is 0 Å². The fourth-order valence-corrected chi connectivity index (χ4v) is 1.84. The van der Waals surface area contributed by atoms with Crippen molar-refractivity contribution in [3.05, 3.63) is 35.1 Å². The Labute approximate surface area is 99.8 Å². The smallest absolute Gasteiger partial charge is 0.123 e. The van der Waals surface area contributed by atoms with E-state index in [-0.39, 0.29) is 18.5 Å². The number of benzene rings is 1. The molecule has 1 aromatic carbocycles. The summed E-state index contributed by atoms with van der Waals surface area (Å²) in [5, 5.41) is 8.90. The van der Waals surface area contributed by atoms with Gasteiger partial charge in [0.1, 0.15) is 5.82 Å². The van der Waals surface area contributed by atoms with Crippen LogP contribution in [0.1, 0.15) is 24.0 Å². The van der Waals surface area contributed by atoms with E-state index >= 15 is 0 Å². The Morgan fingerprint density at radius 2 is 2.18 bits per heavy atom. The molecule has 0 unspecified atom stereocenters. The molecule has 0 radical (unpaired) electrons. The van der Waals surface area contributed by atoms with E-state index in [9.17, 15) is 4.39 Å². The summed E-state index contributed by atoms with van der Waals surface area (Å²) in [6.45, 7) is 1.70.